The number of nitrogens with zero attached hydrogens (tertiary/aromatic N) is 2. The standard InChI is InChI=1S/C32H39N7O4/c1-19-5-11-23(12-6-19)39-26(18-25(38-39)32(2,3)4)36-30(42)34-22-9-7-20(8-10-22)28(21-13-15-33-16-14-21)29(41)24-17-27(40)37-31(43)35-24/h5-12,18,21,24,28,33H,13-17H2,1-4H3,(H2,34,36,42)(H2,35,37,40,43)/t24-,28?/m0/s1. The highest BCUT2D eigenvalue weighted by Gasteiger charge is 2.38. The Bertz CT molecular complexity index is 1480. The average Bonchev–Trinajstić information content (AvgIpc) is 3.39. The smallest absolute Gasteiger partial charge is 0.324 e. The first-order valence-corrected chi connectivity index (χ1v) is 14.7. The fraction of sp³-hybridized carbons (Fsp3) is 0.406. The molecule has 2 fully saturated rings. The molecule has 2 atom stereocenters. The minimum Gasteiger partial charge on any atom is -0.327 e. The van der Waals surface area contributed by atoms with E-state index in [0.29, 0.717) is 11.5 Å². The normalized spacial score (nSPS) is 18.4. The van der Waals surface area contributed by atoms with Crippen molar-refractivity contribution >= 4 is 35.3 Å². The van der Waals surface area contributed by atoms with Gasteiger partial charge in [-0.05, 0) is 68.6 Å². The number of nitrogens with one attached hydrogen (secondary N) is 5. The zero-order valence-electron chi connectivity index (χ0n) is 25.0. The average molecular weight is 586 g/mol. The van der Waals surface area contributed by atoms with Crippen molar-refractivity contribution in [3.63, 3.8) is 0 Å². The van der Waals surface area contributed by atoms with Gasteiger partial charge >= 0.3 is 12.1 Å². The highest BCUT2D eigenvalue weighted by Crippen LogP contribution is 2.34. The van der Waals surface area contributed by atoms with Crippen molar-refractivity contribution in [1.29, 1.82) is 0 Å². The molecule has 0 radical (unpaired) electrons. The minimum absolute atomic E-state index is 0.0665. The molecule has 43 heavy (non-hydrogen) atoms. The van der Waals surface area contributed by atoms with Gasteiger partial charge in [-0.25, -0.2) is 14.3 Å². The molecule has 3 aromatic rings. The molecular weight excluding hydrogens is 546 g/mol. The quantitative estimate of drug-likeness (QED) is 0.278. The number of amides is 5. The number of hydrogen-bond acceptors (Lipinski definition) is 6. The fourth-order valence-corrected chi connectivity index (χ4v) is 5.62. The molecule has 11 heteroatoms. The van der Waals surface area contributed by atoms with Crippen LogP contribution in [-0.4, -0.2) is 52.7 Å². The van der Waals surface area contributed by atoms with Crippen LogP contribution in [0.1, 0.15) is 62.8 Å². The lowest BCUT2D eigenvalue weighted by molar-refractivity contribution is -0.129. The first-order chi connectivity index (χ1) is 20.5. The molecule has 5 amide bonds. The van der Waals surface area contributed by atoms with E-state index in [2.05, 4.69) is 47.4 Å². The molecule has 0 spiro atoms. The summed E-state index contributed by atoms with van der Waals surface area (Å²) in [6, 6.07) is 15.0. The van der Waals surface area contributed by atoms with Crippen molar-refractivity contribution in [2.24, 2.45) is 5.92 Å². The van der Waals surface area contributed by atoms with Crippen LogP contribution in [0.4, 0.5) is 21.1 Å². The molecule has 1 aromatic heterocycles. The molecule has 1 unspecified atom stereocenters. The summed E-state index contributed by atoms with van der Waals surface area (Å²) in [5, 5.41) is 18.7. The van der Waals surface area contributed by atoms with Gasteiger partial charge in [-0.3, -0.25) is 20.2 Å². The number of carbonyl (C=O) groups is 4. The highest BCUT2D eigenvalue weighted by molar-refractivity contribution is 6.04. The summed E-state index contributed by atoms with van der Waals surface area (Å²) in [7, 11) is 0. The van der Waals surface area contributed by atoms with E-state index in [-0.39, 0.29) is 23.5 Å². The van der Waals surface area contributed by atoms with Gasteiger partial charge in [-0.15, -0.1) is 0 Å². The molecule has 226 valence electrons. The van der Waals surface area contributed by atoms with Gasteiger partial charge in [0.25, 0.3) is 0 Å². The van der Waals surface area contributed by atoms with Crippen LogP contribution in [0.25, 0.3) is 5.69 Å². The Morgan fingerprint density at radius 3 is 2.28 bits per heavy atom. The van der Waals surface area contributed by atoms with Crippen LogP contribution in [0.15, 0.2) is 54.6 Å². The number of ketones is 1. The molecule has 11 nitrogen and oxygen atoms in total. The number of Topliss-reactive ketones (excluding diaryl/α,β-unsaturated/α-hetero) is 1. The van der Waals surface area contributed by atoms with Crippen LogP contribution >= 0.6 is 0 Å². The number of carbonyl (C=O) groups excluding carboxylic acids is 4. The van der Waals surface area contributed by atoms with E-state index < -0.39 is 29.9 Å². The number of hydrogen-bond donors (Lipinski definition) is 5. The summed E-state index contributed by atoms with van der Waals surface area (Å²) in [5.41, 5.74) is 3.93. The summed E-state index contributed by atoms with van der Waals surface area (Å²) in [6.07, 6.45) is 1.52. The lowest BCUT2D eigenvalue weighted by Crippen LogP contribution is -2.56. The number of piperidine rings is 1. The lowest BCUT2D eigenvalue weighted by Gasteiger charge is -2.33. The number of aromatic nitrogens is 2. The first-order valence-electron chi connectivity index (χ1n) is 14.7. The number of rotatable bonds is 7. The highest BCUT2D eigenvalue weighted by atomic mass is 16.2. The first kappa shape index (κ1) is 30.0. The zero-order chi connectivity index (χ0) is 30.7. The van der Waals surface area contributed by atoms with Crippen LogP contribution in [0, 0.1) is 12.8 Å². The second kappa shape index (κ2) is 12.4. The van der Waals surface area contributed by atoms with E-state index >= 15 is 0 Å². The van der Waals surface area contributed by atoms with E-state index in [9.17, 15) is 19.2 Å². The van der Waals surface area contributed by atoms with Gasteiger partial charge in [-0.1, -0.05) is 50.6 Å². The second-order valence-corrected chi connectivity index (χ2v) is 12.4. The number of anilines is 2. The summed E-state index contributed by atoms with van der Waals surface area (Å²) in [5.74, 6) is -0.515. The molecule has 5 rings (SSSR count). The van der Waals surface area contributed by atoms with Gasteiger partial charge in [0.1, 0.15) is 5.82 Å². The van der Waals surface area contributed by atoms with Gasteiger partial charge in [0, 0.05) is 23.1 Å². The summed E-state index contributed by atoms with van der Waals surface area (Å²) in [6.45, 7) is 9.81. The van der Waals surface area contributed by atoms with Crippen LogP contribution < -0.4 is 26.6 Å². The van der Waals surface area contributed by atoms with Crippen molar-refractivity contribution in [3.05, 3.63) is 71.4 Å². The minimum atomic E-state index is -0.874. The number of imide groups is 1. The van der Waals surface area contributed by atoms with Crippen LogP contribution in [0.5, 0.6) is 0 Å². The third-order valence-corrected chi connectivity index (χ3v) is 7.98. The van der Waals surface area contributed by atoms with Crippen molar-refractivity contribution in [3.8, 4) is 5.69 Å². The predicted molar refractivity (Wildman–Crippen MR) is 165 cm³/mol. The van der Waals surface area contributed by atoms with E-state index in [1.165, 1.54) is 0 Å². The van der Waals surface area contributed by atoms with E-state index in [1.807, 2.05) is 49.4 Å². The van der Waals surface area contributed by atoms with Gasteiger partial charge < -0.3 is 16.0 Å². The van der Waals surface area contributed by atoms with Crippen LogP contribution in [-0.2, 0) is 15.0 Å². The van der Waals surface area contributed by atoms with E-state index in [4.69, 9.17) is 5.10 Å². The maximum absolute atomic E-state index is 13.7. The van der Waals surface area contributed by atoms with Crippen molar-refractivity contribution in [2.75, 3.05) is 23.7 Å². The number of urea groups is 2. The Morgan fingerprint density at radius 1 is 0.977 bits per heavy atom. The van der Waals surface area contributed by atoms with Crippen molar-refractivity contribution in [2.45, 2.75) is 64.3 Å². The Balaban J connectivity index is 1.33. The Hall–Kier alpha value is -4.51. The summed E-state index contributed by atoms with van der Waals surface area (Å²) in [4.78, 5) is 50.7. The van der Waals surface area contributed by atoms with E-state index in [1.54, 1.807) is 16.8 Å². The van der Waals surface area contributed by atoms with Crippen LogP contribution in [0.2, 0.25) is 0 Å². The molecule has 5 N–H and O–H groups in total. The third-order valence-electron chi connectivity index (χ3n) is 7.98. The lowest BCUT2D eigenvalue weighted by atomic mass is 9.75. The Labute approximate surface area is 251 Å². The molecule has 0 saturated carbocycles. The SMILES string of the molecule is Cc1ccc(-n2nc(C(C)(C)C)cc2NC(=O)Nc2ccc(C(C(=O)[C@@H]3CC(=O)NC(=O)N3)C3CCNCC3)cc2)cc1. The Kier molecular flexibility index (Phi) is 8.63. The largest absolute Gasteiger partial charge is 0.327 e. The van der Waals surface area contributed by atoms with Crippen molar-refractivity contribution in [1.82, 2.24) is 25.7 Å². The van der Waals surface area contributed by atoms with Crippen molar-refractivity contribution < 1.29 is 19.2 Å². The van der Waals surface area contributed by atoms with Gasteiger partial charge in [-0.2, -0.15) is 5.10 Å². The topological polar surface area (TPSA) is 146 Å². The second-order valence-electron chi connectivity index (χ2n) is 12.4. The summed E-state index contributed by atoms with van der Waals surface area (Å²) >= 11 is 0. The molecule has 2 aliphatic rings. The van der Waals surface area contributed by atoms with Gasteiger partial charge in [0.2, 0.25) is 5.91 Å². The predicted octanol–water partition coefficient (Wildman–Crippen LogP) is 4.37. The van der Waals surface area contributed by atoms with Gasteiger partial charge in [0.15, 0.2) is 5.78 Å². The monoisotopic (exact) mass is 585 g/mol. The third kappa shape index (κ3) is 7.11. The maximum Gasteiger partial charge on any atom is 0.324 e. The molecule has 2 saturated heterocycles. The number of benzene rings is 2. The molecule has 2 aromatic carbocycles. The Morgan fingerprint density at radius 2 is 1.65 bits per heavy atom. The van der Waals surface area contributed by atoms with Crippen LogP contribution in [0.3, 0.4) is 0 Å². The molecule has 0 bridgehead atoms. The molecule has 0 aliphatic carbocycles. The van der Waals surface area contributed by atoms with E-state index in [0.717, 1.165) is 48.4 Å². The molecular formula is C32H39N7O4. The fourth-order valence-electron chi connectivity index (χ4n) is 5.62. The number of aryl methyl sites for hydroxylation is 1. The summed E-state index contributed by atoms with van der Waals surface area (Å²) < 4.78 is 1.72. The molecule has 3 heterocycles. The van der Waals surface area contributed by atoms with Gasteiger partial charge in [0.05, 0.1) is 23.8 Å². The molecule has 2 aliphatic heterocycles. The zero-order valence-corrected chi connectivity index (χ0v) is 25.0. The maximum atomic E-state index is 13.7.